The number of aromatic amines is 1. The van der Waals surface area contributed by atoms with Crippen LogP contribution in [0.1, 0.15) is 15.9 Å². The van der Waals surface area contributed by atoms with E-state index in [0.717, 1.165) is 5.56 Å². The molecule has 2 aromatic heterocycles. The van der Waals surface area contributed by atoms with Gasteiger partial charge in [0.15, 0.2) is 11.5 Å². The van der Waals surface area contributed by atoms with E-state index in [-0.39, 0.29) is 17.5 Å². The van der Waals surface area contributed by atoms with E-state index in [0.29, 0.717) is 17.0 Å². The maximum Gasteiger partial charge on any atom is 0.265 e. The van der Waals surface area contributed by atoms with Crippen LogP contribution in [-0.4, -0.2) is 35.2 Å². The molecule has 26 heavy (non-hydrogen) atoms. The maximum atomic E-state index is 12.4. The molecule has 3 N–H and O–H groups in total. The number of hydrogen-bond donors (Lipinski definition) is 3. The van der Waals surface area contributed by atoms with Gasteiger partial charge in [0.1, 0.15) is 11.3 Å². The number of benzene rings is 1. The summed E-state index contributed by atoms with van der Waals surface area (Å²) in [7, 11) is 2.91. The van der Waals surface area contributed by atoms with Gasteiger partial charge in [0.25, 0.3) is 11.5 Å². The van der Waals surface area contributed by atoms with Crippen LogP contribution in [0, 0.1) is 0 Å². The van der Waals surface area contributed by atoms with Gasteiger partial charge in [0.05, 0.1) is 19.7 Å². The average Bonchev–Trinajstić information content (AvgIpc) is 2.66. The van der Waals surface area contributed by atoms with E-state index in [4.69, 9.17) is 9.47 Å². The molecular formula is C18H17N3O5. The predicted octanol–water partition coefficient (Wildman–Crippen LogP) is 1.58. The van der Waals surface area contributed by atoms with Crippen molar-refractivity contribution < 1.29 is 19.4 Å². The molecular weight excluding hydrogens is 338 g/mol. The van der Waals surface area contributed by atoms with Gasteiger partial charge in [0, 0.05) is 30.4 Å². The number of fused-ring (bicyclic) bond motifs is 1. The molecule has 0 atom stereocenters. The smallest absolute Gasteiger partial charge is 0.265 e. The second-order valence-electron chi connectivity index (χ2n) is 5.47. The Morgan fingerprint density at radius 3 is 2.50 bits per heavy atom. The number of rotatable bonds is 5. The molecule has 2 heterocycles. The standard InChI is InChI=1S/C18H17N3O5/c1-25-13-7-11-12(8-14(13)26-2)21-18(24)15(16(11)22)17(23)20-9-10-3-5-19-6-4-10/h3-8H,9H2,1-2H3,(H,20,23)(H2,21,22,24). The minimum atomic E-state index is -0.700. The minimum Gasteiger partial charge on any atom is -0.506 e. The summed E-state index contributed by atoms with van der Waals surface area (Å²) in [6.45, 7) is 0.199. The summed E-state index contributed by atoms with van der Waals surface area (Å²) < 4.78 is 10.4. The molecule has 1 amide bonds. The minimum absolute atomic E-state index is 0.199. The Labute approximate surface area is 148 Å². The van der Waals surface area contributed by atoms with E-state index in [1.807, 2.05) is 0 Å². The molecule has 0 radical (unpaired) electrons. The molecule has 3 rings (SSSR count). The fraction of sp³-hybridized carbons (Fsp3) is 0.167. The first-order valence-electron chi connectivity index (χ1n) is 7.73. The molecule has 0 fully saturated rings. The van der Waals surface area contributed by atoms with Crippen molar-refractivity contribution in [2.45, 2.75) is 6.54 Å². The number of aromatic nitrogens is 2. The topological polar surface area (TPSA) is 114 Å². The van der Waals surface area contributed by atoms with Crippen molar-refractivity contribution in [3.63, 3.8) is 0 Å². The van der Waals surface area contributed by atoms with Crippen LogP contribution in [0.5, 0.6) is 17.2 Å². The van der Waals surface area contributed by atoms with E-state index < -0.39 is 17.2 Å². The molecule has 3 aromatic rings. The molecule has 0 bridgehead atoms. The normalized spacial score (nSPS) is 10.5. The second-order valence-corrected chi connectivity index (χ2v) is 5.47. The Kier molecular flexibility index (Phi) is 4.74. The highest BCUT2D eigenvalue weighted by molar-refractivity contribution is 6.02. The first-order valence-corrected chi connectivity index (χ1v) is 7.73. The number of carbonyl (C=O) groups is 1. The highest BCUT2D eigenvalue weighted by Gasteiger charge is 2.20. The Morgan fingerprint density at radius 1 is 1.19 bits per heavy atom. The molecule has 0 aliphatic rings. The molecule has 0 saturated heterocycles. The van der Waals surface area contributed by atoms with Gasteiger partial charge in [0.2, 0.25) is 0 Å². The molecule has 8 heteroatoms. The fourth-order valence-corrected chi connectivity index (χ4v) is 2.59. The summed E-state index contributed by atoms with van der Waals surface area (Å²) in [6.07, 6.45) is 3.20. The Balaban J connectivity index is 2.00. The van der Waals surface area contributed by atoms with Crippen molar-refractivity contribution in [2.24, 2.45) is 0 Å². The van der Waals surface area contributed by atoms with Gasteiger partial charge in [-0.25, -0.2) is 0 Å². The fourth-order valence-electron chi connectivity index (χ4n) is 2.59. The van der Waals surface area contributed by atoms with E-state index in [9.17, 15) is 14.7 Å². The first kappa shape index (κ1) is 17.3. The van der Waals surface area contributed by atoms with Crippen molar-refractivity contribution >= 4 is 16.8 Å². The predicted molar refractivity (Wildman–Crippen MR) is 94.7 cm³/mol. The Bertz CT molecular complexity index is 1010. The number of carbonyl (C=O) groups excluding carboxylic acids is 1. The van der Waals surface area contributed by atoms with Crippen LogP contribution >= 0.6 is 0 Å². The molecule has 0 spiro atoms. The SMILES string of the molecule is COc1cc2[nH]c(=O)c(C(=O)NCc3ccncc3)c(O)c2cc1OC. The summed E-state index contributed by atoms with van der Waals surface area (Å²) in [6, 6.07) is 6.50. The van der Waals surface area contributed by atoms with E-state index in [1.165, 1.54) is 26.4 Å². The molecule has 134 valence electrons. The number of H-pyrrole nitrogens is 1. The molecule has 0 unspecified atom stereocenters. The summed E-state index contributed by atoms with van der Waals surface area (Å²) in [5.41, 5.74) is 0.0838. The van der Waals surface area contributed by atoms with Crippen LogP contribution in [0.3, 0.4) is 0 Å². The molecule has 0 saturated carbocycles. The number of hydrogen-bond acceptors (Lipinski definition) is 6. The van der Waals surface area contributed by atoms with E-state index in [1.54, 1.807) is 24.5 Å². The van der Waals surface area contributed by atoms with Crippen molar-refractivity contribution in [1.29, 1.82) is 0 Å². The molecule has 8 nitrogen and oxygen atoms in total. The third-order valence-electron chi connectivity index (χ3n) is 3.92. The van der Waals surface area contributed by atoms with Gasteiger partial charge in [-0.15, -0.1) is 0 Å². The summed E-state index contributed by atoms with van der Waals surface area (Å²) in [4.78, 5) is 31.2. The van der Waals surface area contributed by atoms with Crippen LogP contribution < -0.4 is 20.3 Å². The van der Waals surface area contributed by atoms with Gasteiger partial charge >= 0.3 is 0 Å². The van der Waals surface area contributed by atoms with Crippen LogP contribution in [0.25, 0.3) is 10.9 Å². The molecule has 0 aliphatic carbocycles. The van der Waals surface area contributed by atoms with Crippen molar-refractivity contribution in [3.05, 3.63) is 58.1 Å². The van der Waals surface area contributed by atoms with Crippen LogP contribution in [0.2, 0.25) is 0 Å². The zero-order valence-electron chi connectivity index (χ0n) is 14.2. The van der Waals surface area contributed by atoms with Crippen molar-refractivity contribution in [1.82, 2.24) is 15.3 Å². The number of aromatic hydroxyl groups is 1. The molecule has 1 aromatic carbocycles. The lowest BCUT2D eigenvalue weighted by molar-refractivity contribution is 0.0947. The first-order chi connectivity index (χ1) is 12.5. The summed E-state index contributed by atoms with van der Waals surface area (Å²) in [5.74, 6) is -0.343. The highest BCUT2D eigenvalue weighted by atomic mass is 16.5. The summed E-state index contributed by atoms with van der Waals surface area (Å²) >= 11 is 0. The Hall–Kier alpha value is -3.55. The van der Waals surface area contributed by atoms with Gasteiger partial charge in [-0.05, 0) is 23.8 Å². The number of ether oxygens (including phenoxy) is 2. The van der Waals surface area contributed by atoms with Crippen molar-refractivity contribution in [3.8, 4) is 17.2 Å². The molecule has 0 aliphatic heterocycles. The quantitative estimate of drug-likeness (QED) is 0.640. The lowest BCUT2D eigenvalue weighted by Gasteiger charge is -2.12. The third-order valence-corrected chi connectivity index (χ3v) is 3.92. The number of amides is 1. The summed E-state index contributed by atoms with van der Waals surface area (Å²) in [5, 5.41) is 13.4. The van der Waals surface area contributed by atoms with Gasteiger partial charge < -0.3 is 24.9 Å². The number of nitrogens with one attached hydrogen (secondary N) is 2. The van der Waals surface area contributed by atoms with E-state index >= 15 is 0 Å². The maximum absolute atomic E-state index is 12.4. The zero-order valence-corrected chi connectivity index (χ0v) is 14.2. The lowest BCUT2D eigenvalue weighted by atomic mass is 10.1. The highest BCUT2D eigenvalue weighted by Crippen LogP contribution is 2.35. The number of pyridine rings is 2. The monoisotopic (exact) mass is 355 g/mol. The van der Waals surface area contributed by atoms with Gasteiger partial charge in [-0.3, -0.25) is 14.6 Å². The largest absolute Gasteiger partial charge is 0.506 e. The zero-order chi connectivity index (χ0) is 18.7. The lowest BCUT2D eigenvalue weighted by Crippen LogP contribution is -2.29. The Morgan fingerprint density at radius 2 is 1.85 bits per heavy atom. The van der Waals surface area contributed by atoms with Crippen LogP contribution in [-0.2, 0) is 6.54 Å². The number of methoxy groups -OCH3 is 2. The number of nitrogens with zero attached hydrogens (tertiary/aromatic N) is 1. The van der Waals surface area contributed by atoms with Gasteiger partial charge in [-0.2, -0.15) is 0 Å². The van der Waals surface area contributed by atoms with Gasteiger partial charge in [-0.1, -0.05) is 0 Å². The van der Waals surface area contributed by atoms with Crippen LogP contribution in [0.4, 0.5) is 0 Å². The average molecular weight is 355 g/mol. The third kappa shape index (κ3) is 3.16. The van der Waals surface area contributed by atoms with Crippen LogP contribution in [0.15, 0.2) is 41.5 Å². The van der Waals surface area contributed by atoms with E-state index in [2.05, 4.69) is 15.3 Å². The van der Waals surface area contributed by atoms with Crippen molar-refractivity contribution in [2.75, 3.05) is 14.2 Å². The second kappa shape index (κ2) is 7.14.